The Morgan fingerprint density at radius 3 is 2.30 bits per heavy atom. The van der Waals surface area contributed by atoms with Crippen molar-refractivity contribution in [1.82, 2.24) is 4.57 Å². The maximum Gasteiger partial charge on any atom is 0.0480 e. The summed E-state index contributed by atoms with van der Waals surface area (Å²) in [5.41, 5.74) is 1.39. The van der Waals surface area contributed by atoms with Gasteiger partial charge in [-0.1, -0.05) is 88.6 Å². The predicted octanol–water partition coefficient (Wildman–Crippen LogP) is 6.18. The van der Waals surface area contributed by atoms with Gasteiger partial charge in [0.2, 0.25) is 0 Å². The van der Waals surface area contributed by atoms with Crippen LogP contribution in [0, 0.1) is 0 Å². The fourth-order valence-electron chi connectivity index (χ4n) is 3.46. The van der Waals surface area contributed by atoms with Gasteiger partial charge in [0.15, 0.2) is 0 Å². The third-order valence-corrected chi connectivity index (χ3v) is 6.93. The minimum absolute atomic E-state index is 0.251. The lowest BCUT2D eigenvalue weighted by Crippen LogP contribution is -1.96. The number of aromatic nitrogens is 1. The lowest BCUT2D eigenvalue weighted by atomic mass is 10.1. The summed E-state index contributed by atoms with van der Waals surface area (Å²) in [6.07, 6.45) is 15.2. The van der Waals surface area contributed by atoms with Crippen molar-refractivity contribution >= 4 is 20.4 Å². The summed E-state index contributed by atoms with van der Waals surface area (Å²) in [4.78, 5) is 0. The number of fused-ring (bicyclic) bond motifs is 1. The average molecular weight is 330 g/mol. The van der Waals surface area contributed by atoms with Gasteiger partial charge in [-0.15, -0.1) is 0 Å². The SMILES string of the molecule is CCCCCCCC[SiH2]CCCCCn1ccc2ccccc21. The molecule has 0 amide bonds. The fraction of sp³-hybridized carbons (Fsp3) is 0.619. The number of hydrogen-bond acceptors (Lipinski definition) is 0. The molecule has 0 N–H and O–H groups in total. The molecule has 0 fully saturated rings. The molecule has 0 saturated carbocycles. The van der Waals surface area contributed by atoms with Crippen LogP contribution in [0.25, 0.3) is 10.9 Å². The molecule has 1 aromatic carbocycles. The molecule has 1 aromatic heterocycles. The Kier molecular flexibility index (Phi) is 9.16. The largest absolute Gasteiger partial charge is 0.347 e. The van der Waals surface area contributed by atoms with Crippen LogP contribution in [0.5, 0.6) is 0 Å². The first-order valence-corrected chi connectivity index (χ1v) is 12.0. The maximum atomic E-state index is 2.42. The van der Waals surface area contributed by atoms with Crippen LogP contribution in [0.3, 0.4) is 0 Å². The second-order valence-corrected chi connectivity index (χ2v) is 9.08. The zero-order chi connectivity index (χ0) is 16.2. The van der Waals surface area contributed by atoms with E-state index in [9.17, 15) is 0 Å². The van der Waals surface area contributed by atoms with Crippen molar-refractivity contribution in [1.29, 1.82) is 0 Å². The highest BCUT2D eigenvalue weighted by Gasteiger charge is 1.99. The Hall–Kier alpha value is -1.02. The third-order valence-electron chi connectivity index (χ3n) is 4.93. The Labute approximate surface area is 145 Å². The zero-order valence-corrected chi connectivity index (χ0v) is 16.5. The molecule has 0 unspecified atom stereocenters. The smallest absolute Gasteiger partial charge is 0.0480 e. The number of rotatable bonds is 13. The first-order valence-electron chi connectivity index (χ1n) is 9.95. The summed E-state index contributed by atoms with van der Waals surface area (Å²) >= 11 is 0. The minimum Gasteiger partial charge on any atom is -0.347 e. The molecule has 2 rings (SSSR count). The van der Waals surface area contributed by atoms with E-state index in [1.165, 1.54) is 75.2 Å². The summed E-state index contributed by atoms with van der Waals surface area (Å²) in [5, 5.41) is 1.37. The molecule has 23 heavy (non-hydrogen) atoms. The van der Waals surface area contributed by atoms with Crippen molar-refractivity contribution in [3.63, 3.8) is 0 Å². The van der Waals surface area contributed by atoms with E-state index in [1.54, 1.807) is 12.1 Å². The van der Waals surface area contributed by atoms with E-state index in [-0.39, 0.29) is 9.52 Å². The van der Waals surface area contributed by atoms with Crippen LogP contribution in [-0.4, -0.2) is 14.1 Å². The molecule has 1 nitrogen and oxygen atoms in total. The van der Waals surface area contributed by atoms with Crippen molar-refractivity contribution in [2.24, 2.45) is 0 Å². The third kappa shape index (κ3) is 6.95. The number of para-hydroxylation sites is 1. The molecule has 0 aliphatic rings. The Balaban J connectivity index is 1.44. The van der Waals surface area contributed by atoms with Crippen LogP contribution in [0.2, 0.25) is 12.1 Å². The normalized spacial score (nSPS) is 11.9. The van der Waals surface area contributed by atoms with Crippen LogP contribution in [0.15, 0.2) is 36.5 Å². The van der Waals surface area contributed by atoms with Gasteiger partial charge in [-0.3, -0.25) is 0 Å². The van der Waals surface area contributed by atoms with Crippen molar-refractivity contribution in [3.8, 4) is 0 Å². The van der Waals surface area contributed by atoms with Gasteiger partial charge in [0, 0.05) is 27.8 Å². The fourth-order valence-corrected chi connectivity index (χ4v) is 5.23. The van der Waals surface area contributed by atoms with E-state index >= 15 is 0 Å². The quantitative estimate of drug-likeness (QED) is 0.305. The number of nitrogens with zero attached hydrogens (tertiary/aromatic N) is 1. The molecule has 0 atom stereocenters. The van der Waals surface area contributed by atoms with E-state index in [4.69, 9.17) is 0 Å². The lowest BCUT2D eigenvalue weighted by Gasteiger charge is -2.05. The monoisotopic (exact) mass is 329 g/mol. The van der Waals surface area contributed by atoms with Gasteiger partial charge in [-0.25, -0.2) is 0 Å². The van der Waals surface area contributed by atoms with Gasteiger partial charge in [0.25, 0.3) is 0 Å². The van der Waals surface area contributed by atoms with E-state index in [0.717, 1.165) is 0 Å². The number of aryl methyl sites for hydroxylation is 1. The molecular weight excluding hydrogens is 294 g/mol. The Bertz CT molecular complexity index is 531. The van der Waals surface area contributed by atoms with E-state index in [0.29, 0.717) is 0 Å². The van der Waals surface area contributed by atoms with Gasteiger partial charge < -0.3 is 4.57 Å². The molecule has 0 bridgehead atoms. The first-order chi connectivity index (χ1) is 11.4. The molecule has 2 heteroatoms. The standard InChI is InChI=1S/C21H35NSi/c1-2-3-4-5-6-11-18-23-19-12-7-10-16-22-17-15-20-13-8-9-14-21(20)22/h8-9,13-15,17H,2-7,10-12,16,18-19,23H2,1H3. The highest BCUT2D eigenvalue weighted by molar-refractivity contribution is 6.35. The topological polar surface area (TPSA) is 4.93 Å². The van der Waals surface area contributed by atoms with Gasteiger partial charge in [0.1, 0.15) is 0 Å². The van der Waals surface area contributed by atoms with Crippen molar-refractivity contribution in [2.75, 3.05) is 0 Å². The molecule has 0 aliphatic carbocycles. The highest BCUT2D eigenvalue weighted by atomic mass is 28.2. The van der Waals surface area contributed by atoms with E-state index in [2.05, 4.69) is 48.0 Å². The summed E-state index contributed by atoms with van der Waals surface area (Å²) in [7, 11) is 0.251. The molecule has 2 aromatic rings. The molecular formula is C21H35NSi. The van der Waals surface area contributed by atoms with Crippen molar-refractivity contribution in [3.05, 3.63) is 36.5 Å². The molecule has 0 saturated heterocycles. The minimum atomic E-state index is 0.251. The maximum absolute atomic E-state index is 2.42. The van der Waals surface area contributed by atoms with Crippen LogP contribution in [0.1, 0.15) is 64.7 Å². The van der Waals surface area contributed by atoms with Crippen LogP contribution < -0.4 is 0 Å². The van der Waals surface area contributed by atoms with Gasteiger partial charge in [-0.05, 0) is 23.9 Å². The molecule has 128 valence electrons. The van der Waals surface area contributed by atoms with E-state index in [1.807, 2.05) is 0 Å². The van der Waals surface area contributed by atoms with Crippen LogP contribution >= 0.6 is 0 Å². The molecule has 1 heterocycles. The second-order valence-electron chi connectivity index (χ2n) is 6.96. The Morgan fingerprint density at radius 2 is 1.48 bits per heavy atom. The molecule has 0 spiro atoms. The summed E-state index contributed by atoms with van der Waals surface area (Å²) in [5.74, 6) is 0. The van der Waals surface area contributed by atoms with Gasteiger partial charge in [-0.2, -0.15) is 0 Å². The average Bonchev–Trinajstić information content (AvgIpc) is 2.99. The first kappa shape index (κ1) is 18.3. The number of benzene rings is 1. The number of unbranched alkanes of at least 4 members (excludes halogenated alkanes) is 7. The van der Waals surface area contributed by atoms with Crippen LogP contribution in [-0.2, 0) is 6.54 Å². The molecule has 0 aliphatic heterocycles. The van der Waals surface area contributed by atoms with Crippen LogP contribution in [0.4, 0.5) is 0 Å². The second kappa shape index (κ2) is 11.5. The number of hydrogen-bond donors (Lipinski definition) is 0. The lowest BCUT2D eigenvalue weighted by molar-refractivity contribution is 0.613. The Morgan fingerprint density at radius 1 is 0.783 bits per heavy atom. The van der Waals surface area contributed by atoms with Gasteiger partial charge >= 0.3 is 0 Å². The van der Waals surface area contributed by atoms with E-state index < -0.39 is 0 Å². The zero-order valence-electron chi connectivity index (χ0n) is 15.1. The summed E-state index contributed by atoms with van der Waals surface area (Å²) in [6, 6.07) is 14.1. The summed E-state index contributed by atoms with van der Waals surface area (Å²) < 4.78 is 2.42. The van der Waals surface area contributed by atoms with Crippen molar-refractivity contribution < 1.29 is 0 Å². The van der Waals surface area contributed by atoms with Crippen molar-refractivity contribution in [2.45, 2.75) is 83.3 Å². The predicted molar refractivity (Wildman–Crippen MR) is 107 cm³/mol. The summed E-state index contributed by atoms with van der Waals surface area (Å²) in [6.45, 7) is 3.48. The van der Waals surface area contributed by atoms with Gasteiger partial charge in [0.05, 0.1) is 0 Å². The highest BCUT2D eigenvalue weighted by Crippen LogP contribution is 2.16. The molecule has 0 radical (unpaired) electrons.